The molecule has 0 aliphatic rings. The first-order valence-electron chi connectivity index (χ1n) is 8.80. The number of fused-ring (bicyclic) bond motifs is 1. The SMILES string of the molecule is Cc1sc2ccccc2c1S(=O)(=O)Nc1cc(-c2ccccc2)ccc1CO. The van der Waals surface area contributed by atoms with Crippen molar-refractivity contribution in [3.63, 3.8) is 0 Å². The van der Waals surface area contributed by atoms with Gasteiger partial charge in [-0.25, -0.2) is 8.42 Å². The lowest BCUT2D eigenvalue weighted by Gasteiger charge is -2.14. The summed E-state index contributed by atoms with van der Waals surface area (Å²) in [5, 5.41) is 10.4. The molecule has 0 bridgehead atoms. The van der Waals surface area contributed by atoms with Gasteiger partial charge in [-0.2, -0.15) is 0 Å². The minimum absolute atomic E-state index is 0.254. The van der Waals surface area contributed by atoms with E-state index in [2.05, 4.69) is 4.72 Å². The van der Waals surface area contributed by atoms with Gasteiger partial charge in [-0.3, -0.25) is 4.72 Å². The number of anilines is 1. The highest BCUT2D eigenvalue weighted by atomic mass is 32.2. The molecule has 0 radical (unpaired) electrons. The maximum atomic E-state index is 13.2. The number of benzene rings is 3. The van der Waals surface area contributed by atoms with E-state index in [0.717, 1.165) is 20.7 Å². The van der Waals surface area contributed by atoms with Gasteiger partial charge in [0.1, 0.15) is 4.90 Å². The Morgan fingerprint density at radius 1 is 0.929 bits per heavy atom. The lowest BCUT2D eigenvalue weighted by atomic mass is 10.0. The normalized spacial score (nSPS) is 11.6. The van der Waals surface area contributed by atoms with E-state index in [1.54, 1.807) is 12.1 Å². The first kappa shape index (κ1) is 18.7. The molecule has 0 aliphatic carbocycles. The van der Waals surface area contributed by atoms with Gasteiger partial charge in [0.2, 0.25) is 0 Å². The van der Waals surface area contributed by atoms with Crippen LogP contribution in [0.3, 0.4) is 0 Å². The predicted molar refractivity (Wildman–Crippen MR) is 115 cm³/mol. The van der Waals surface area contributed by atoms with E-state index in [1.807, 2.05) is 67.6 Å². The fraction of sp³-hybridized carbons (Fsp3) is 0.0909. The molecule has 0 spiro atoms. The molecule has 4 rings (SSSR count). The topological polar surface area (TPSA) is 66.4 Å². The highest BCUT2D eigenvalue weighted by Crippen LogP contribution is 2.36. The summed E-state index contributed by atoms with van der Waals surface area (Å²) in [4.78, 5) is 1.03. The summed E-state index contributed by atoms with van der Waals surface area (Å²) in [5.74, 6) is 0. The van der Waals surface area contributed by atoms with Crippen LogP contribution in [0.25, 0.3) is 21.2 Å². The zero-order valence-corrected chi connectivity index (χ0v) is 16.8. The van der Waals surface area contributed by atoms with Crippen molar-refractivity contribution in [3.8, 4) is 11.1 Å². The average molecular weight is 410 g/mol. The fourth-order valence-corrected chi connectivity index (χ4v) is 6.20. The van der Waals surface area contributed by atoms with Gasteiger partial charge in [-0.05, 0) is 30.2 Å². The first-order valence-corrected chi connectivity index (χ1v) is 11.1. The Bertz CT molecular complexity index is 1250. The van der Waals surface area contributed by atoms with E-state index in [4.69, 9.17) is 0 Å². The summed E-state index contributed by atoms with van der Waals surface area (Å²) >= 11 is 1.46. The van der Waals surface area contributed by atoms with Crippen molar-refractivity contribution in [2.24, 2.45) is 0 Å². The Kier molecular flexibility index (Phi) is 4.93. The highest BCUT2D eigenvalue weighted by Gasteiger charge is 2.23. The minimum atomic E-state index is -3.81. The van der Waals surface area contributed by atoms with Gasteiger partial charge in [0, 0.05) is 20.5 Å². The zero-order chi connectivity index (χ0) is 19.7. The lowest BCUT2D eigenvalue weighted by molar-refractivity contribution is 0.282. The molecule has 2 N–H and O–H groups in total. The van der Waals surface area contributed by atoms with Crippen LogP contribution in [0.1, 0.15) is 10.4 Å². The monoisotopic (exact) mass is 409 g/mol. The van der Waals surface area contributed by atoms with Gasteiger partial charge >= 0.3 is 0 Å². The number of sulfonamides is 1. The second kappa shape index (κ2) is 7.39. The summed E-state index contributed by atoms with van der Waals surface area (Å²) in [6.07, 6.45) is 0. The van der Waals surface area contributed by atoms with Gasteiger partial charge in [0.25, 0.3) is 10.0 Å². The van der Waals surface area contributed by atoms with E-state index < -0.39 is 10.0 Å². The van der Waals surface area contributed by atoms with E-state index in [0.29, 0.717) is 21.5 Å². The van der Waals surface area contributed by atoms with Crippen molar-refractivity contribution in [1.82, 2.24) is 0 Å². The molecule has 4 aromatic rings. The van der Waals surface area contributed by atoms with Crippen molar-refractivity contribution in [1.29, 1.82) is 0 Å². The van der Waals surface area contributed by atoms with Gasteiger partial charge in [-0.1, -0.05) is 60.7 Å². The molecular weight excluding hydrogens is 390 g/mol. The van der Waals surface area contributed by atoms with Crippen LogP contribution < -0.4 is 4.72 Å². The van der Waals surface area contributed by atoms with Gasteiger partial charge < -0.3 is 5.11 Å². The van der Waals surface area contributed by atoms with E-state index in [9.17, 15) is 13.5 Å². The van der Waals surface area contributed by atoms with Crippen LogP contribution in [0.2, 0.25) is 0 Å². The number of hydrogen-bond acceptors (Lipinski definition) is 4. The van der Waals surface area contributed by atoms with Crippen LogP contribution >= 0.6 is 11.3 Å². The lowest BCUT2D eigenvalue weighted by Crippen LogP contribution is -2.15. The maximum absolute atomic E-state index is 13.2. The molecule has 0 saturated heterocycles. The third-order valence-corrected chi connectivity index (χ3v) is 7.38. The molecule has 0 atom stereocenters. The van der Waals surface area contributed by atoms with Crippen molar-refractivity contribution in [2.75, 3.05) is 4.72 Å². The number of nitrogens with one attached hydrogen (secondary N) is 1. The van der Waals surface area contributed by atoms with Crippen LogP contribution in [-0.4, -0.2) is 13.5 Å². The number of hydrogen-bond donors (Lipinski definition) is 2. The van der Waals surface area contributed by atoms with Crippen molar-refractivity contribution in [2.45, 2.75) is 18.4 Å². The summed E-state index contributed by atoms with van der Waals surface area (Å²) < 4.78 is 30.1. The Balaban J connectivity index is 1.80. The number of aryl methyl sites for hydroxylation is 1. The van der Waals surface area contributed by atoms with Crippen molar-refractivity contribution < 1.29 is 13.5 Å². The van der Waals surface area contributed by atoms with Crippen LogP contribution in [-0.2, 0) is 16.6 Å². The summed E-state index contributed by atoms with van der Waals surface area (Å²) in [5.41, 5.74) is 2.77. The Morgan fingerprint density at radius 2 is 1.64 bits per heavy atom. The Morgan fingerprint density at radius 3 is 2.39 bits per heavy atom. The maximum Gasteiger partial charge on any atom is 0.263 e. The van der Waals surface area contributed by atoms with Crippen LogP contribution in [0, 0.1) is 6.92 Å². The third kappa shape index (κ3) is 3.42. The Hall–Kier alpha value is -2.67. The van der Waals surface area contributed by atoms with E-state index in [1.165, 1.54) is 11.3 Å². The van der Waals surface area contributed by atoms with Crippen molar-refractivity contribution in [3.05, 3.63) is 83.2 Å². The predicted octanol–water partition coefficient (Wildman–Crippen LogP) is 5.17. The highest BCUT2D eigenvalue weighted by molar-refractivity contribution is 7.93. The van der Waals surface area contributed by atoms with Crippen LogP contribution in [0.15, 0.2) is 77.7 Å². The number of thiophene rings is 1. The van der Waals surface area contributed by atoms with E-state index >= 15 is 0 Å². The molecule has 28 heavy (non-hydrogen) atoms. The second-order valence-electron chi connectivity index (χ2n) is 6.49. The molecular formula is C22H19NO3S2. The molecule has 3 aromatic carbocycles. The molecule has 0 saturated carbocycles. The quantitative estimate of drug-likeness (QED) is 0.478. The van der Waals surface area contributed by atoms with Crippen molar-refractivity contribution >= 4 is 37.1 Å². The minimum Gasteiger partial charge on any atom is -0.392 e. The summed E-state index contributed by atoms with van der Waals surface area (Å²) in [7, 11) is -3.81. The van der Waals surface area contributed by atoms with Gasteiger partial charge in [-0.15, -0.1) is 11.3 Å². The van der Waals surface area contributed by atoms with Crippen LogP contribution in [0.5, 0.6) is 0 Å². The molecule has 0 amide bonds. The molecule has 0 fully saturated rings. The van der Waals surface area contributed by atoms with Gasteiger partial charge in [0.15, 0.2) is 0 Å². The fourth-order valence-electron chi connectivity index (χ4n) is 3.29. The standard InChI is InChI=1S/C22H19NO3S2/c1-15-22(19-9-5-6-10-21(19)27-15)28(25,26)23-20-13-17(11-12-18(20)14-24)16-7-3-2-4-8-16/h2-13,23-24H,14H2,1H3. The summed E-state index contributed by atoms with van der Waals surface area (Å²) in [6, 6.07) is 22.6. The first-order chi connectivity index (χ1) is 13.5. The number of aliphatic hydroxyl groups is 1. The Labute approximate surface area is 168 Å². The molecule has 4 nitrogen and oxygen atoms in total. The van der Waals surface area contributed by atoms with Gasteiger partial charge in [0.05, 0.1) is 12.3 Å². The summed E-state index contributed by atoms with van der Waals surface area (Å²) in [6.45, 7) is 1.56. The van der Waals surface area contributed by atoms with E-state index in [-0.39, 0.29) is 6.61 Å². The second-order valence-corrected chi connectivity index (χ2v) is 9.36. The largest absolute Gasteiger partial charge is 0.392 e. The average Bonchev–Trinajstić information content (AvgIpc) is 3.05. The molecule has 142 valence electrons. The smallest absolute Gasteiger partial charge is 0.263 e. The number of aliphatic hydroxyl groups excluding tert-OH is 1. The molecule has 0 aliphatic heterocycles. The molecule has 1 aromatic heterocycles. The zero-order valence-electron chi connectivity index (χ0n) is 15.2. The molecule has 1 heterocycles. The molecule has 6 heteroatoms. The van der Waals surface area contributed by atoms with Crippen LogP contribution in [0.4, 0.5) is 5.69 Å². The third-order valence-electron chi connectivity index (χ3n) is 4.61. The number of rotatable bonds is 5. The molecule has 0 unspecified atom stereocenters.